The number of nitrogens with one attached hydrogen (secondary N) is 1. The van der Waals surface area contributed by atoms with Crippen molar-refractivity contribution in [2.75, 3.05) is 0 Å². The van der Waals surface area contributed by atoms with Gasteiger partial charge in [0.2, 0.25) is 10.0 Å². The Morgan fingerprint density at radius 2 is 2.16 bits per heavy atom. The number of hydrogen-bond acceptors (Lipinski definition) is 3. The van der Waals surface area contributed by atoms with Crippen molar-refractivity contribution in [2.45, 2.75) is 37.6 Å². The van der Waals surface area contributed by atoms with E-state index in [-0.39, 0.29) is 16.8 Å². The molecule has 0 spiro atoms. The lowest BCUT2D eigenvalue weighted by Crippen LogP contribution is -2.27. The van der Waals surface area contributed by atoms with Gasteiger partial charge < -0.3 is 5.32 Å². The number of benzene rings is 1. The first kappa shape index (κ1) is 14.0. The summed E-state index contributed by atoms with van der Waals surface area (Å²) in [6, 6.07) is 4.55. The van der Waals surface area contributed by atoms with Crippen LogP contribution < -0.4 is 10.5 Å². The third kappa shape index (κ3) is 3.13. The first-order chi connectivity index (χ1) is 8.82. The third-order valence-corrected chi connectivity index (χ3v) is 4.45. The smallest absolute Gasteiger partial charge is 0.251 e. The lowest BCUT2D eigenvalue weighted by Gasteiger charge is -2.08. The Kier molecular flexibility index (Phi) is 3.64. The van der Waals surface area contributed by atoms with E-state index in [2.05, 4.69) is 12.2 Å². The van der Waals surface area contributed by atoms with Crippen molar-refractivity contribution in [1.29, 1.82) is 0 Å². The molecule has 0 saturated heterocycles. The van der Waals surface area contributed by atoms with Gasteiger partial charge in [-0.3, -0.25) is 4.79 Å². The highest BCUT2D eigenvalue weighted by Crippen LogP contribution is 2.33. The van der Waals surface area contributed by atoms with E-state index in [9.17, 15) is 13.2 Å². The number of carbonyl (C=O) groups excluding carboxylic acids is 1. The Morgan fingerprint density at radius 3 is 2.63 bits per heavy atom. The number of nitrogens with two attached hydrogens (primary N) is 1. The molecular formula is C13H18N2O3S. The quantitative estimate of drug-likeness (QED) is 0.868. The summed E-state index contributed by atoms with van der Waals surface area (Å²) in [6.07, 6.45) is 2.09. The monoisotopic (exact) mass is 282 g/mol. The largest absolute Gasteiger partial charge is 0.349 e. The van der Waals surface area contributed by atoms with Gasteiger partial charge in [-0.1, -0.05) is 13.3 Å². The first-order valence-corrected chi connectivity index (χ1v) is 7.82. The van der Waals surface area contributed by atoms with Crippen LogP contribution in [0.2, 0.25) is 0 Å². The molecule has 5 nitrogen and oxygen atoms in total. The minimum atomic E-state index is -3.72. The van der Waals surface area contributed by atoms with Crippen molar-refractivity contribution in [3.8, 4) is 0 Å². The zero-order chi connectivity index (χ0) is 14.2. The molecule has 19 heavy (non-hydrogen) atoms. The van der Waals surface area contributed by atoms with Crippen LogP contribution in [0.3, 0.4) is 0 Å². The van der Waals surface area contributed by atoms with Crippen molar-refractivity contribution in [3.05, 3.63) is 29.3 Å². The summed E-state index contributed by atoms with van der Waals surface area (Å²) >= 11 is 0. The molecule has 2 unspecified atom stereocenters. The number of carbonyl (C=O) groups is 1. The van der Waals surface area contributed by atoms with E-state index in [4.69, 9.17) is 5.14 Å². The molecule has 2 rings (SSSR count). The van der Waals surface area contributed by atoms with Crippen LogP contribution in [0.15, 0.2) is 23.1 Å². The van der Waals surface area contributed by atoms with Gasteiger partial charge in [-0.15, -0.1) is 0 Å². The Balaban J connectivity index is 2.15. The molecular weight excluding hydrogens is 264 g/mol. The molecule has 0 heterocycles. The lowest BCUT2D eigenvalue weighted by molar-refractivity contribution is 0.0948. The second-order valence-corrected chi connectivity index (χ2v) is 6.57. The van der Waals surface area contributed by atoms with E-state index in [0.717, 1.165) is 12.8 Å². The number of sulfonamides is 1. The van der Waals surface area contributed by atoms with Crippen molar-refractivity contribution in [3.63, 3.8) is 0 Å². The van der Waals surface area contributed by atoms with Crippen LogP contribution in [0.1, 0.15) is 35.7 Å². The van der Waals surface area contributed by atoms with Crippen LogP contribution in [-0.4, -0.2) is 20.4 Å². The molecule has 0 aromatic heterocycles. The predicted octanol–water partition coefficient (Wildman–Crippen LogP) is 1.17. The average molecular weight is 282 g/mol. The van der Waals surface area contributed by atoms with Crippen molar-refractivity contribution < 1.29 is 13.2 Å². The fraction of sp³-hybridized carbons (Fsp3) is 0.462. The number of aryl methyl sites for hydroxylation is 1. The van der Waals surface area contributed by atoms with Gasteiger partial charge in [0, 0.05) is 11.6 Å². The van der Waals surface area contributed by atoms with Crippen LogP contribution >= 0.6 is 0 Å². The molecule has 3 N–H and O–H groups in total. The van der Waals surface area contributed by atoms with Gasteiger partial charge in [0.25, 0.3) is 5.91 Å². The maximum absolute atomic E-state index is 12.0. The van der Waals surface area contributed by atoms with Gasteiger partial charge in [0.05, 0.1) is 4.90 Å². The number of primary sulfonamides is 1. The summed E-state index contributed by atoms with van der Waals surface area (Å²) in [6.45, 7) is 3.80. The summed E-state index contributed by atoms with van der Waals surface area (Å²) in [7, 11) is -3.72. The number of rotatable bonds is 4. The Hall–Kier alpha value is -1.40. The zero-order valence-electron chi connectivity index (χ0n) is 11.0. The Morgan fingerprint density at radius 1 is 1.47 bits per heavy atom. The Bertz CT molecular complexity index is 610. The maximum atomic E-state index is 12.0. The normalized spacial score (nSPS) is 22.1. The minimum absolute atomic E-state index is 0.0272. The first-order valence-electron chi connectivity index (χ1n) is 6.27. The predicted molar refractivity (Wildman–Crippen MR) is 72.2 cm³/mol. The van der Waals surface area contributed by atoms with Gasteiger partial charge in [-0.25, -0.2) is 13.6 Å². The molecule has 1 aromatic rings. The van der Waals surface area contributed by atoms with Crippen molar-refractivity contribution in [1.82, 2.24) is 5.32 Å². The van der Waals surface area contributed by atoms with E-state index in [1.807, 2.05) is 0 Å². The number of amides is 1. The standard InChI is InChI=1S/C13H18N2O3S/c1-3-9-7-12(9)15-13(16)11-5-4-10(6-8(11)2)19(14,17)18/h4-6,9,12H,3,7H2,1-2H3,(H,15,16)(H2,14,17,18). The minimum Gasteiger partial charge on any atom is -0.349 e. The molecule has 0 aliphatic heterocycles. The van der Waals surface area contributed by atoms with Crippen molar-refractivity contribution in [2.24, 2.45) is 11.1 Å². The highest BCUT2D eigenvalue weighted by Gasteiger charge is 2.36. The van der Waals surface area contributed by atoms with Gasteiger partial charge in [-0.2, -0.15) is 0 Å². The van der Waals surface area contributed by atoms with Crippen molar-refractivity contribution >= 4 is 15.9 Å². The summed E-state index contributed by atoms with van der Waals surface area (Å²) < 4.78 is 22.4. The molecule has 1 aliphatic rings. The van der Waals surface area contributed by atoms with Gasteiger partial charge in [0.1, 0.15) is 0 Å². The molecule has 6 heteroatoms. The summed E-state index contributed by atoms with van der Waals surface area (Å²) in [5.41, 5.74) is 1.10. The fourth-order valence-corrected chi connectivity index (χ4v) is 2.79. The zero-order valence-corrected chi connectivity index (χ0v) is 11.8. The van der Waals surface area contributed by atoms with Crippen LogP contribution in [0.4, 0.5) is 0 Å². The van der Waals surface area contributed by atoms with Gasteiger partial charge >= 0.3 is 0 Å². The Labute approximate surface area is 113 Å². The molecule has 2 atom stereocenters. The van der Waals surface area contributed by atoms with Crippen LogP contribution in [0, 0.1) is 12.8 Å². The van der Waals surface area contributed by atoms with Crippen LogP contribution in [0.25, 0.3) is 0 Å². The van der Waals surface area contributed by atoms with Crippen LogP contribution in [0.5, 0.6) is 0 Å². The molecule has 1 fully saturated rings. The second kappa shape index (κ2) is 4.94. The molecule has 1 amide bonds. The van der Waals surface area contributed by atoms with E-state index < -0.39 is 10.0 Å². The average Bonchev–Trinajstić information content (AvgIpc) is 3.05. The van der Waals surface area contributed by atoms with E-state index in [1.54, 1.807) is 6.92 Å². The fourth-order valence-electron chi connectivity index (χ4n) is 2.19. The summed E-state index contributed by atoms with van der Waals surface area (Å²) in [4.78, 5) is 12.1. The van der Waals surface area contributed by atoms with Gasteiger partial charge in [-0.05, 0) is 43.0 Å². The molecule has 1 saturated carbocycles. The molecule has 104 valence electrons. The summed E-state index contributed by atoms with van der Waals surface area (Å²) in [5, 5.41) is 8.00. The second-order valence-electron chi connectivity index (χ2n) is 5.01. The summed E-state index contributed by atoms with van der Waals surface area (Å²) in [5.74, 6) is 0.423. The third-order valence-electron chi connectivity index (χ3n) is 3.53. The highest BCUT2D eigenvalue weighted by atomic mass is 32.2. The SMILES string of the molecule is CCC1CC1NC(=O)c1ccc(S(N)(=O)=O)cc1C. The molecule has 0 radical (unpaired) electrons. The molecule has 1 aliphatic carbocycles. The highest BCUT2D eigenvalue weighted by molar-refractivity contribution is 7.89. The van der Waals surface area contributed by atoms with Gasteiger partial charge in [0.15, 0.2) is 0 Å². The lowest BCUT2D eigenvalue weighted by atomic mass is 10.1. The van der Waals surface area contributed by atoms with Crippen LogP contribution in [-0.2, 0) is 10.0 Å². The topological polar surface area (TPSA) is 89.3 Å². The maximum Gasteiger partial charge on any atom is 0.251 e. The molecule has 0 bridgehead atoms. The van der Waals surface area contributed by atoms with E-state index >= 15 is 0 Å². The number of hydrogen-bond donors (Lipinski definition) is 2. The van der Waals surface area contributed by atoms with E-state index in [0.29, 0.717) is 17.0 Å². The van der Waals surface area contributed by atoms with E-state index in [1.165, 1.54) is 18.2 Å². The molecule has 1 aromatic carbocycles.